The van der Waals surface area contributed by atoms with Crippen molar-refractivity contribution >= 4 is 11.6 Å². The van der Waals surface area contributed by atoms with Gasteiger partial charge in [-0.25, -0.2) is 0 Å². The molecule has 2 aromatic rings. The van der Waals surface area contributed by atoms with Gasteiger partial charge >= 0.3 is 0 Å². The van der Waals surface area contributed by atoms with Gasteiger partial charge in [0.25, 0.3) is 0 Å². The van der Waals surface area contributed by atoms with E-state index in [1.54, 1.807) is 6.26 Å². The van der Waals surface area contributed by atoms with E-state index in [-0.39, 0.29) is 0 Å². The predicted molar refractivity (Wildman–Crippen MR) is 58.6 cm³/mol. The molecule has 0 bridgehead atoms. The molecule has 0 unspecified atom stereocenters. The van der Waals surface area contributed by atoms with Crippen LogP contribution in [-0.2, 0) is 0 Å². The van der Waals surface area contributed by atoms with Crippen LogP contribution in [0.2, 0.25) is 5.02 Å². The van der Waals surface area contributed by atoms with Crippen LogP contribution in [0.5, 0.6) is 0 Å². The van der Waals surface area contributed by atoms with E-state index < -0.39 is 0 Å². The number of benzene rings is 1. The summed E-state index contributed by atoms with van der Waals surface area (Å²) < 4.78 is 5.48. The molecule has 0 aliphatic heterocycles. The summed E-state index contributed by atoms with van der Waals surface area (Å²) in [7, 11) is 0. The minimum atomic E-state index is 0.745. The van der Waals surface area contributed by atoms with Gasteiger partial charge in [0, 0.05) is 10.6 Å². The molecular weight excluding hydrogens is 196 g/mol. The Kier molecular flexibility index (Phi) is 2.34. The number of aryl methyl sites for hydroxylation is 1. The first-order chi connectivity index (χ1) is 6.68. The third-order valence-corrected chi connectivity index (χ3v) is 2.64. The highest BCUT2D eigenvalue weighted by Gasteiger charge is 2.07. The number of hydrogen-bond donors (Lipinski definition) is 0. The van der Waals surface area contributed by atoms with Crippen molar-refractivity contribution in [1.29, 1.82) is 0 Å². The van der Waals surface area contributed by atoms with E-state index in [1.807, 2.05) is 31.2 Å². The van der Waals surface area contributed by atoms with Crippen LogP contribution in [0.4, 0.5) is 0 Å². The summed E-state index contributed by atoms with van der Waals surface area (Å²) in [5, 5.41) is 0.745. The van der Waals surface area contributed by atoms with Gasteiger partial charge in [0.15, 0.2) is 0 Å². The summed E-state index contributed by atoms with van der Waals surface area (Å²) in [6.07, 6.45) is 1.78. The summed E-state index contributed by atoms with van der Waals surface area (Å²) >= 11 is 5.81. The fourth-order valence-corrected chi connectivity index (χ4v) is 1.51. The van der Waals surface area contributed by atoms with Crippen molar-refractivity contribution < 1.29 is 4.42 Å². The van der Waals surface area contributed by atoms with Crippen LogP contribution in [0.1, 0.15) is 11.1 Å². The van der Waals surface area contributed by atoms with Crippen LogP contribution in [0.15, 0.2) is 34.9 Å². The predicted octanol–water partition coefficient (Wildman–Crippen LogP) is 4.22. The molecule has 0 amide bonds. The molecule has 0 fully saturated rings. The van der Waals surface area contributed by atoms with Crippen LogP contribution >= 0.6 is 11.6 Å². The van der Waals surface area contributed by atoms with E-state index in [1.165, 1.54) is 11.1 Å². The number of furan rings is 1. The minimum Gasteiger partial charge on any atom is -0.464 e. The standard InChI is InChI=1S/C12H11ClO/c1-8-7-14-12(9(8)2)10-3-5-11(13)6-4-10/h3-7H,1-2H3. The number of halogens is 1. The summed E-state index contributed by atoms with van der Waals surface area (Å²) in [4.78, 5) is 0. The lowest BCUT2D eigenvalue weighted by molar-refractivity contribution is 0.579. The van der Waals surface area contributed by atoms with Crippen LogP contribution in [-0.4, -0.2) is 0 Å². The molecule has 1 aromatic heterocycles. The second-order valence-corrected chi connectivity index (χ2v) is 3.82. The van der Waals surface area contributed by atoms with Gasteiger partial charge in [0.2, 0.25) is 0 Å². The Labute approximate surface area is 88.3 Å². The molecule has 0 aliphatic rings. The highest BCUT2D eigenvalue weighted by molar-refractivity contribution is 6.30. The quantitative estimate of drug-likeness (QED) is 0.681. The van der Waals surface area contributed by atoms with E-state index in [9.17, 15) is 0 Å². The maximum Gasteiger partial charge on any atom is 0.137 e. The maximum absolute atomic E-state index is 5.81. The van der Waals surface area contributed by atoms with Crippen molar-refractivity contribution in [3.8, 4) is 11.3 Å². The molecule has 2 heteroatoms. The fraction of sp³-hybridized carbons (Fsp3) is 0.167. The molecule has 0 N–H and O–H groups in total. The van der Waals surface area contributed by atoms with Crippen molar-refractivity contribution in [2.75, 3.05) is 0 Å². The Balaban J connectivity index is 2.49. The molecule has 1 heterocycles. The first kappa shape index (κ1) is 9.35. The molecule has 72 valence electrons. The Hall–Kier alpha value is -1.21. The topological polar surface area (TPSA) is 13.1 Å². The Morgan fingerprint density at radius 1 is 1.07 bits per heavy atom. The molecule has 1 nitrogen and oxygen atoms in total. The van der Waals surface area contributed by atoms with Crippen molar-refractivity contribution in [2.45, 2.75) is 13.8 Å². The highest BCUT2D eigenvalue weighted by Crippen LogP contribution is 2.27. The monoisotopic (exact) mass is 206 g/mol. The largest absolute Gasteiger partial charge is 0.464 e. The Morgan fingerprint density at radius 3 is 2.21 bits per heavy atom. The van der Waals surface area contributed by atoms with E-state index in [0.717, 1.165) is 16.3 Å². The highest BCUT2D eigenvalue weighted by atomic mass is 35.5. The van der Waals surface area contributed by atoms with Crippen LogP contribution < -0.4 is 0 Å². The molecule has 14 heavy (non-hydrogen) atoms. The van der Waals surface area contributed by atoms with Gasteiger partial charge < -0.3 is 4.42 Å². The second-order valence-electron chi connectivity index (χ2n) is 3.38. The lowest BCUT2D eigenvalue weighted by atomic mass is 10.1. The van der Waals surface area contributed by atoms with Gasteiger partial charge in [-0.2, -0.15) is 0 Å². The normalized spacial score (nSPS) is 10.5. The van der Waals surface area contributed by atoms with Gasteiger partial charge in [-0.05, 0) is 49.2 Å². The molecule has 0 atom stereocenters. The van der Waals surface area contributed by atoms with E-state index in [2.05, 4.69) is 6.92 Å². The van der Waals surface area contributed by atoms with Gasteiger partial charge in [-0.15, -0.1) is 0 Å². The number of rotatable bonds is 1. The van der Waals surface area contributed by atoms with Crippen molar-refractivity contribution in [2.24, 2.45) is 0 Å². The molecule has 0 radical (unpaired) electrons. The molecule has 0 aliphatic carbocycles. The average Bonchev–Trinajstić information content (AvgIpc) is 2.50. The fourth-order valence-electron chi connectivity index (χ4n) is 1.39. The van der Waals surface area contributed by atoms with Crippen LogP contribution in [0, 0.1) is 13.8 Å². The zero-order chi connectivity index (χ0) is 10.1. The molecule has 0 spiro atoms. The maximum atomic E-state index is 5.81. The molecule has 0 saturated carbocycles. The SMILES string of the molecule is Cc1coc(-c2ccc(Cl)cc2)c1C. The molecule has 2 rings (SSSR count). The number of hydrogen-bond acceptors (Lipinski definition) is 1. The Bertz CT molecular complexity index is 440. The van der Waals surface area contributed by atoms with Crippen LogP contribution in [0.25, 0.3) is 11.3 Å². The third kappa shape index (κ3) is 1.55. The van der Waals surface area contributed by atoms with Gasteiger partial charge in [-0.1, -0.05) is 11.6 Å². The molecule has 0 saturated heterocycles. The Morgan fingerprint density at radius 2 is 1.71 bits per heavy atom. The van der Waals surface area contributed by atoms with Gasteiger partial charge in [-0.3, -0.25) is 0 Å². The third-order valence-electron chi connectivity index (χ3n) is 2.39. The van der Waals surface area contributed by atoms with Gasteiger partial charge in [0.1, 0.15) is 5.76 Å². The summed E-state index contributed by atoms with van der Waals surface area (Å²) in [5.74, 6) is 0.930. The molecular formula is C12H11ClO. The van der Waals surface area contributed by atoms with Gasteiger partial charge in [0.05, 0.1) is 6.26 Å². The van der Waals surface area contributed by atoms with E-state index in [0.29, 0.717) is 0 Å². The summed E-state index contributed by atoms with van der Waals surface area (Å²) in [6, 6.07) is 7.67. The second kappa shape index (κ2) is 3.50. The summed E-state index contributed by atoms with van der Waals surface area (Å²) in [5.41, 5.74) is 3.43. The lowest BCUT2D eigenvalue weighted by Crippen LogP contribution is -1.78. The minimum absolute atomic E-state index is 0.745. The van der Waals surface area contributed by atoms with Crippen molar-refractivity contribution in [3.05, 3.63) is 46.7 Å². The molecule has 1 aromatic carbocycles. The zero-order valence-corrected chi connectivity index (χ0v) is 8.93. The van der Waals surface area contributed by atoms with E-state index >= 15 is 0 Å². The van der Waals surface area contributed by atoms with E-state index in [4.69, 9.17) is 16.0 Å². The first-order valence-electron chi connectivity index (χ1n) is 4.49. The van der Waals surface area contributed by atoms with Crippen molar-refractivity contribution in [3.63, 3.8) is 0 Å². The van der Waals surface area contributed by atoms with Crippen LogP contribution in [0.3, 0.4) is 0 Å². The first-order valence-corrected chi connectivity index (χ1v) is 4.87. The lowest BCUT2D eigenvalue weighted by Gasteiger charge is -1.98. The zero-order valence-electron chi connectivity index (χ0n) is 8.17. The van der Waals surface area contributed by atoms with Crippen molar-refractivity contribution in [1.82, 2.24) is 0 Å². The summed E-state index contributed by atoms with van der Waals surface area (Å²) in [6.45, 7) is 4.10. The average molecular weight is 207 g/mol. The smallest absolute Gasteiger partial charge is 0.137 e.